The fourth-order valence-electron chi connectivity index (χ4n) is 1.22. The van der Waals surface area contributed by atoms with Crippen LogP contribution in [0, 0.1) is 6.92 Å². The van der Waals surface area contributed by atoms with E-state index in [1.807, 2.05) is 31.2 Å². The Labute approximate surface area is 107 Å². The van der Waals surface area contributed by atoms with Crippen molar-refractivity contribution in [2.45, 2.75) is 6.92 Å². The lowest BCUT2D eigenvalue weighted by molar-refractivity contribution is 0.462. The fourth-order valence-corrected chi connectivity index (χ4v) is 1.61. The summed E-state index contributed by atoms with van der Waals surface area (Å²) < 4.78 is 6.49. The van der Waals surface area contributed by atoms with Gasteiger partial charge in [0.25, 0.3) is 0 Å². The van der Waals surface area contributed by atoms with Gasteiger partial charge in [-0.15, -0.1) is 0 Å². The number of benzene rings is 1. The molecule has 0 bridgehead atoms. The van der Waals surface area contributed by atoms with Gasteiger partial charge in [-0.25, -0.2) is 4.98 Å². The van der Waals surface area contributed by atoms with Crippen molar-refractivity contribution in [3.63, 3.8) is 0 Å². The van der Waals surface area contributed by atoms with E-state index < -0.39 is 0 Å². The van der Waals surface area contributed by atoms with Crippen LogP contribution in [-0.4, -0.2) is 4.98 Å². The van der Waals surface area contributed by atoms with Crippen LogP contribution in [0.1, 0.15) is 5.56 Å². The summed E-state index contributed by atoms with van der Waals surface area (Å²) in [5.74, 6) is 1.15. The van der Waals surface area contributed by atoms with E-state index >= 15 is 0 Å². The Kier molecular flexibility index (Phi) is 3.46. The van der Waals surface area contributed by atoms with E-state index in [9.17, 15) is 0 Å². The molecule has 16 heavy (non-hydrogen) atoms. The topological polar surface area (TPSA) is 22.1 Å². The van der Waals surface area contributed by atoms with E-state index in [0.717, 1.165) is 10.0 Å². The summed E-state index contributed by atoms with van der Waals surface area (Å²) in [5, 5.41) is 0.579. The lowest BCUT2D eigenvalue weighted by Crippen LogP contribution is -1.88. The third kappa shape index (κ3) is 2.74. The SMILES string of the molecule is Cc1ccc(Cl)c(Oc2ccc(Br)cn2)c1. The van der Waals surface area contributed by atoms with Gasteiger partial charge in [0.15, 0.2) is 0 Å². The Hall–Kier alpha value is -1.06. The first-order valence-electron chi connectivity index (χ1n) is 4.71. The monoisotopic (exact) mass is 297 g/mol. The van der Waals surface area contributed by atoms with Crippen LogP contribution in [0.15, 0.2) is 41.0 Å². The van der Waals surface area contributed by atoms with Gasteiger partial charge in [-0.3, -0.25) is 0 Å². The molecule has 0 saturated heterocycles. The predicted octanol–water partition coefficient (Wildman–Crippen LogP) is 4.60. The van der Waals surface area contributed by atoms with Gasteiger partial charge in [0.05, 0.1) is 5.02 Å². The first-order valence-corrected chi connectivity index (χ1v) is 5.88. The number of aryl methyl sites for hydroxylation is 1. The zero-order valence-corrected chi connectivity index (χ0v) is 10.9. The minimum Gasteiger partial charge on any atom is -0.437 e. The molecule has 0 aliphatic heterocycles. The highest BCUT2D eigenvalue weighted by Crippen LogP contribution is 2.29. The standard InChI is InChI=1S/C12H9BrClNO/c1-8-2-4-10(14)11(6-8)16-12-5-3-9(13)7-15-12/h2-7H,1H3. The van der Waals surface area contributed by atoms with E-state index in [-0.39, 0.29) is 0 Å². The van der Waals surface area contributed by atoms with Crippen molar-refractivity contribution in [1.29, 1.82) is 0 Å². The molecule has 0 aliphatic carbocycles. The van der Waals surface area contributed by atoms with E-state index in [4.69, 9.17) is 16.3 Å². The van der Waals surface area contributed by atoms with Crippen molar-refractivity contribution in [3.05, 3.63) is 51.6 Å². The third-order valence-corrected chi connectivity index (χ3v) is 2.78. The number of ether oxygens (including phenoxy) is 1. The average Bonchev–Trinajstić information content (AvgIpc) is 2.27. The molecule has 2 aromatic rings. The van der Waals surface area contributed by atoms with Crippen molar-refractivity contribution < 1.29 is 4.74 Å². The number of nitrogens with zero attached hydrogens (tertiary/aromatic N) is 1. The zero-order chi connectivity index (χ0) is 11.5. The van der Waals surface area contributed by atoms with Crippen LogP contribution in [0.4, 0.5) is 0 Å². The van der Waals surface area contributed by atoms with E-state index in [0.29, 0.717) is 16.7 Å². The fraction of sp³-hybridized carbons (Fsp3) is 0.0833. The van der Waals surface area contributed by atoms with Crippen LogP contribution in [-0.2, 0) is 0 Å². The zero-order valence-electron chi connectivity index (χ0n) is 8.58. The van der Waals surface area contributed by atoms with Crippen molar-refractivity contribution >= 4 is 27.5 Å². The number of rotatable bonds is 2. The van der Waals surface area contributed by atoms with Gasteiger partial charge in [-0.2, -0.15) is 0 Å². The second-order valence-electron chi connectivity index (χ2n) is 3.35. The van der Waals surface area contributed by atoms with Crippen LogP contribution in [0.5, 0.6) is 11.6 Å². The highest BCUT2D eigenvalue weighted by molar-refractivity contribution is 9.10. The molecule has 0 N–H and O–H groups in total. The van der Waals surface area contributed by atoms with Crippen LogP contribution in [0.3, 0.4) is 0 Å². The molecule has 82 valence electrons. The molecular weight excluding hydrogens is 289 g/mol. The van der Waals surface area contributed by atoms with E-state index in [1.165, 1.54) is 0 Å². The van der Waals surface area contributed by atoms with Crippen molar-refractivity contribution in [2.24, 2.45) is 0 Å². The highest BCUT2D eigenvalue weighted by Gasteiger charge is 2.04. The molecular formula is C12H9BrClNO. The largest absolute Gasteiger partial charge is 0.437 e. The molecule has 2 rings (SSSR count). The lowest BCUT2D eigenvalue weighted by Gasteiger charge is -2.07. The van der Waals surface area contributed by atoms with Crippen molar-refractivity contribution in [2.75, 3.05) is 0 Å². The summed E-state index contributed by atoms with van der Waals surface area (Å²) in [6.45, 7) is 1.98. The Morgan fingerprint density at radius 1 is 1.25 bits per heavy atom. The molecule has 4 heteroatoms. The molecule has 0 radical (unpaired) electrons. The number of halogens is 2. The first kappa shape index (κ1) is 11.4. The van der Waals surface area contributed by atoms with Crippen molar-refractivity contribution in [3.8, 4) is 11.6 Å². The van der Waals surface area contributed by atoms with Gasteiger partial charge in [-0.05, 0) is 46.6 Å². The Morgan fingerprint density at radius 3 is 2.75 bits per heavy atom. The summed E-state index contributed by atoms with van der Waals surface area (Å²) in [4.78, 5) is 4.12. The van der Waals surface area contributed by atoms with E-state index in [1.54, 1.807) is 12.3 Å². The summed E-state index contributed by atoms with van der Waals surface area (Å²) in [6.07, 6.45) is 1.68. The second-order valence-corrected chi connectivity index (χ2v) is 4.67. The van der Waals surface area contributed by atoms with Gasteiger partial charge < -0.3 is 4.74 Å². The second kappa shape index (κ2) is 4.85. The molecule has 0 atom stereocenters. The first-order chi connectivity index (χ1) is 7.65. The van der Waals surface area contributed by atoms with Crippen molar-refractivity contribution in [1.82, 2.24) is 4.98 Å². The van der Waals surface area contributed by atoms with Crippen LogP contribution >= 0.6 is 27.5 Å². The van der Waals surface area contributed by atoms with Crippen LogP contribution in [0.2, 0.25) is 5.02 Å². The number of hydrogen-bond donors (Lipinski definition) is 0. The normalized spacial score (nSPS) is 10.2. The molecule has 1 heterocycles. The maximum atomic E-state index is 6.02. The summed E-state index contributed by atoms with van der Waals surface area (Å²) >= 11 is 9.33. The smallest absolute Gasteiger partial charge is 0.219 e. The molecule has 0 spiro atoms. The number of hydrogen-bond acceptors (Lipinski definition) is 2. The number of pyridine rings is 1. The number of aromatic nitrogens is 1. The lowest BCUT2D eigenvalue weighted by atomic mass is 10.2. The average molecular weight is 299 g/mol. The van der Waals surface area contributed by atoms with Crippen LogP contribution in [0.25, 0.3) is 0 Å². The summed E-state index contributed by atoms with van der Waals surface area (Å²) in [5.41, 5.74) is 1.09. The van der Waals surface area contributed by atoms with Gasteiger partial charge in [0.2, 0.25) is 5.88 Å². The minimum absolute atomic E-state index is 0.524. The van der Waals surface area contributed by atoms with Gasteiger partial charge in [0, 0.05) is 16.7 Å². The molecule has 0 unspecified atom stereocenters. The Bertz CT molecular complexity index is 499. The van der Waals surface area contributed by atoms with Gasteiger partial charge >= 0.3 is 0 Å². The van der Waals surface area contributed by atoms with Gasteiger partial charge in [0.1, 0.15) is 5.75 Å². The molecule has 2 nitrogen and oxygen atoms in total. The molecule has 0 fully saturated rings. The summed E-state index contributed by atoms with van der Waals surface area (Å²) in [7, 11) is 0. The summed E-state index contributed by atoms with van der Waals surface area (Å²) in [6, 6.07) is 9.27. The minimum atomic E-state index is 0.524. The quantitative estimate of drug-likeness (QED) is 0.808. The third-order valence-electron chi connectivity index (χ3n) is 2.00. The molecule has 1 aromatic heterocycles. The van der Waals surface area contributed by atoms with Gasteiger partial charge in [-0.1, -0.05) is 17.7 Å². The van der Waals surface area contributed by atoms with E-state index in [2.05, 4.69) is 20.9 Å². The molecule has 0 saturated carbocycles. The molecule has 0 aliphatic rings. The predicted molar refractivity (Wildman–Crippen MR) is 68.2 cm³/mol. The maximum Gasteiger partial charge on any atom is 0.219 e. The van der Waals surface area contributed by atoms with Crippen LogP contribution < -0.4 is 4.74 Å². The highest BCUT2D eigenvalue weighted by atomic mass is 79.9. The maximum absolute atomic E-state index is 6.02. The molecule has 1 aromatic carbocycles. The molecule has 0 amide bonds. The Morgan fingerprint density at radius 2 is 2.06 bits per heavy atom. The Balaban J connectivity index is 2.26.